The fourth-order valence-electron chi connectivity index (χ4n) is 1.24. The second kappa shape index (κ2) is 5.03. The molecule has 15 heavy (non-hydrogen) atoms. The van der Waals surface area contributed by atoms with Gasteiger partial charge in [-0.05, 0) is 19.1 Å². The molecule has 1 aromatic rings. The van der Waals surface area contributed by atoms with E-state index in [0.29, 0.717) is 0 Å². The van der Waals surface area contributed by atoms with Crippen LogP contribution in [0.4, 0.5) is 4.39 Å². The van der Waals surface area contributed by atoms with E-state index < -0.39 is 5.82 Å². The summed E-state index contributed by atoms with van der Waals surface area (Å²) in [7, 11) is 0. The normalized spacial score (nSPS) is 10.1. The molecule has 1 aromatic carbocycles. The number of halogens is 2. The van der Waals surface area contributed by atoms with Gasteiger partial charge in [0.25, 0.3) is 0 Å². The maximum absolute atomic E-state index is 13.2. The fourth-order valence-corrected chi connectivity index (χ4v) is 1.47. The molecule has 1 rings (SSSR count). The van der Waals surface area contributed by atoms with E-state index in [0.717, 1.165) is 0 Å². The molecule has 0 heterocycles. The Morgan fingerprint density at radius 1 is 1.40 bits per heavy atom. The average molecular weight is 229 g/mol. The molecule has 0 N–H and O–H groups in total. The van der Waals surface area contributed by atoms with Crippen LogP contribution in [0.5, 0.6) is 0 Å². The molecule has 0 aromatic heterocycles. The van der Waals surface area contributed by atoms with Crippen molar-refractivity contribution in [2.75, 3.05) is 0 Å². The molecule has 0 saturated carbocycles. The predicted molar refractivity (Wildman–Crippen MR) is 55.4 cm³/mol. The lowest BCUT2D eigenvalue weighted by Crippen LogP contribution is -2.09. The number of hydrogen-bond acceptors (Lipinski definition) is 2. The van der Waals surface area contributed by atoms with Gasteiger partial charge < -0.3 is 0 Å². The lowest BCUT2D eigenvalue weighted by Gasteiger charge is -2.03. The summed E-state index contributed by atoms with van der Waals surface area (Å²) in [5.41, 5.74) is 0.158. The van der Waals surface area contributed by atoms with Gasteiger partial charge in [0.15, 0.2) is 0 Å². The molecule has 0 saturated heterocycles. The largest absolute Gasteiger partial charge is 0.300 e. The zero-order valence-electron chi connectivity index (χ0n) is 8.22. The number of benzene rings is 1. The Kier molecular flexibility index (Phi) is 3.97. The number of ketones is 2. The Morgan fingerprint density at radius 2 is 2.07 bits per heavy atom. The molecule has 0 spiro atoms. The zero-order chi connectivity index (χ0) is 11.4. The van der Waals surface area contributed by atoms with Crippen LogP contribution in [0.3, 0.4) is 0 Å². The lowest BCUT2D eigenvalue weighted by molar-refractivity contribution is -0.125. The average Bonchev–Trinajstić information content (AvgIpc) is 2.10. The van der Waals surface area contributed by atoms with Gasteiger partial charge in [-0.3, -0.25) is 9.59 Å². The van der Waals surface area contributed by atoms with Crippen molar-refractivity contribution in [1.29, 1.82) is 0 Å². The first kappa shape index (κ1) is 11.9. The Balaban J connectivity index is 2.80. The summed E-state index contributed by atoms with van der Waals surface area (Å²) in [5, 5.41) is 0.215. The number of carbonyl (C=O) groups is 2. The van der Waals surface area contributed by atoms with Gasteiger partial charge in [-0.15, -0.1) is 0 Å². The highest BCUT2D eigenvalue weighted by Crippen LogP contribution is 2.19. The second-order valence-corrected chi connectivity index (χ2v) is 3.70. The SMILES string of the molecule is CC(=O)CC(=O)Cc1c(F)cccc1Cl. The van der Waals surface area contributed by atoms with Gasteiger partial charge in [0.2, 0.25) is 0 Å². The third kappa shape index (κ3) is 3.44. The van der Waals surface area contributed by atoms with Crippen LogP contribution in [0.15, 0.2) is 18.2 Å². The summed E-state index contributed by atoms with van der Waals surface area (Å²) < 4.78 is 13.2. The van der Waals surface area contributed by atoms with E-state index in [1.165, 1.54) is 25.1 Å². The highest BCUT2D eigenvalue weighted by molar-refractivity contribution is 6.31. The second-order valence-electron chi connectivity index (χ2n) is 3.29. The van der Waals surface area contributed by atoms with Crippen LogP contribution in [0, 0.1) is 5.82 Å². The molecule has 0 bridgehead atoms. The minimum atomic E-state index is -0.514. The van der Waals surface area contributed by atoms with E-state index in [1.54, 1.807) is 0 Å². The van der Waals surface area contributed by atoms with Crippen molar-refractivity contribution in [2.24, 2.45) is 0 Å². The lowest BCUT2D eigenvalue weighted by atomic mass is 10.1. The van der Waals surface area contributed by atoms with Gasteiger partial charge in [0, 0.05) is 17.0 Å². The van der Waals surface area contributed by atoms with E-state index >= 15 is 0 Å². The van der Waals surface area contributed by atoms with Crippen LogP contribution in [0.1, 0.15) is 18.9 Å². The molecule has 0 aliphatic rings. The first-order chi connectivity index (χ1) is 7.00. The van der Waals surface area contributed by atoms with Gasteiger partial charge >= 0.3 is 0 Å². The highest BCUT2D eigenvalue weighted by Gasteiger charge is 2.12. The van der Waals surface area contributed by atoms with Crippen molar-refractivity contribution >= 4 is 23.2 Å². The van der Waals surface area contributed by atoms with Crippen LogP contribution in [0.25, 0.3) is 0 Å². The molecule has 0 fully saturated rings. The molecule has 0 atom stereocenters. The van der Waals surface area contributed by atoms with Gasteiger partial charge in [-0.2, -0.15) is 0 Å². The Hall–Kier alpha value is -1.22. The van der Waals surface area contributed by atoms with Crippen molar-refractivity contribution < 1.29 is 14.0 Å². The Morgan fingerprint density at radius 3 is 2.60 bits per heavy atom. The third-order valence-corrected chi connectivity index (χ3v) is 2.24. The van der Waals surface area contributed by atoms with Crippen LogP contribution < -0.4 is 0 Å². The van der Waals surface area contributed by atoms with E-state index in [-0.39, 0.29) is 35.0 Å². The maximum atomic E-state index is 13.2. The number of Topliss-reactive ketones (excluding diaryl/α,β-unsaturated/α-hetero) is 2. The van der Waals surface area contributed by atoms with Gasteiger partial charge in [-0.25, -0.2) is 4.39 Å². The van der Waals surface area contributed by atoms with Crippen LogP contribution in [-0.4, -0.2) is 11.6 Å². The first-order valence-electron chi connectivity index (χ1n) is 4.44. The minimum absolute atomic E-state index is 0.134. The van der Waals surface area contributed by atoms with Crippen LogP contribution in [-0.2, 0) is 16.0 Å². The van der Waals surface area contributed by atoms with Gasteiger partial charge in [0.1, 0.15) is 17.4 Å². The summed E-state index contributed by atoms with van der Waals surface area (Å²) in [5.74, 6) is -1.07. The Bertz CT molecular complexity index is 381. The monoisotopic (exact) mass is 228 g/mol. The molecular weight excluding hydrogens is 219 g/mol. The van der Waals surface area contributed by atoms with Crippen molar-refractivity contribution in [1.82, 2.24) is 0 Å². The van der Waals surface area contributed by atoms with Crippen molar-refractivity contribution in [2.45, 2.75) is 19.8 Å². The van der Waals surface area contributed by atoms with Crippen molar-refractivity contribution in [3.05, 3.63) is 34.6 Å². The third-order valence-electron chi connectivity index (χ3n) is 1.88. The number of carbonyl (C=O) groups excluding carboxylic acids is 2. The van der Waals surface area contributed by atoms with Crippen LogP contribution >= 0.6 is 11.6 Å². The quantitative estimate of drug-likeness (QED) is 0.743. The van der Waals surface area contributed by atoms with Crippen molar-refractivity contribution in [3.8, 4) is 0 Å². The topological polar surface area (TPSA) is 34.1 Å². The molecule has 0 amide bonds. The molecular formula is C11H10ClFO2. The van der Waals surface area contributed by atoms with E-state index in [1.807, 2.05) is 0 Å². The maximum Gasteiger partial charge on any atom is 0.144 e. The molecule has 0 unspecified atom stereocenters. The van der Waals surface area contributed by atoms with Crippen LogP contribution in [0.2, 0.25) is 5.02 Å². The summed E-state index contributed by atoms with van der Waals surface area (Å²) in [6.07, 6.45) is -0.310. The standard InChI is InChI=1S/C11H10ClFO2/c1-7(14)5-8(15)6-9-10(12)3-2-4-11(9)13/h2-4H,5-6H2,1H3. The molecule has 0 radical (unpaired) electrons. The zero-order valence-corrected chi connectivity index (χ0v) is 8.97. The summed E-state index contributed by atoms with van der Waals surface area (Å²) in [4.78, 5) is 21.9. The smallest absolute Gasteiger partial charge is 0.144 e. The van der Waals surface area contributed by atoms with Gasteiger partial charge in [-0.1, -0.05) is 17.7 Å². The molecule has 0 aliphatic carbocycles. The highest BCUT2D eigenvalue weighted by atomic mass is 35.5. The predicted octanol–water partition coefficient (Wildman–Crippen LogP) is 2.57. The Labute approximate surface area is 92.0 Å². The van der Waals surface area contributed by atoms with E-state index in [4.69, 9.17) is 11.6 Å². The summed E-state index contributed by atoms with van der Waals surface area (Å²) >= 11 is 5.73. The minimum Gasteiger partial charge on any atom is -0.300 e. The molecule has 4 heteroatoms. The number of hydrogen-bond donors (Lipinski definition) is 0. The fraction of sp³-hybridized carbons (Fsp3) is 0.273. The summed E-state index contributed by atoms with van der Waals surface area (Å²) in [6.45, 7) is 1.32. The van der Waals surface area contributed by atoms with E-state index in [2.05, 4.69) is 0 Å². The van der Waals surface area contributed by atoms with E-state index in [9.17, 15) is 14.0 Å². The molecule has 2 nitrogen and oxygen atoms in total. The van der Waals surface area contributed by atoms with Gasteiger partial charge in [0.05, 0.1) is 6.42 Å². The van der Waals surface area contributed by atoms with Crippen molar-refractivity contribution in [3.63, 3.8) is 0 Å². The molecule has 80 valence electrons. The summed E-state index contributed by atoms with van der Waals surface area (Å²) in [6, 6.07) is 4.22. The number of rotatable bonds is 4. The first-order valence-corrected chi connectivity index (χ1v) is 4.82. The molecule has 0 aliphatic heterocycles.